The Morgan fingerprint density at radius 1 is 1.21 bits per heavy atom. The van der Waals surface area contributed by atoms with Gasteiger partial charge in [0.2, 0.25) is 0 Å². The van der Waals surface area contributed by atoms with Gasteiger partial charge in [0.1, 0.15) is 10.6 Å². The Hall–Kier alpha value is -2.28. The summed E-state index contributed by atoms with van der Waals surface area (Å²) in [5.74, 6) is -0.151. The van der Waals surface area contributed by atoms with Crippen molar-refractivity contribution in [3.63, 3.8) is 0 Å². The van der Waals surface area contributed by atoms with Gasteiger partial charge in [-0.25, -0.2) is 8.42 Å². The van der Waals surface area contributed by atoms with Crippen LogP contribution in [0.15, 0.2) is 41.4 Å². The molecule has 0 aliphatic carbocycles. The molecular formula is C17H21N3O3S. The summed E-state index contributed by atoms with van der Waals surface area (Å²) in [6.45, 7) is 3.32. The molecule has 0 saturated carbocycles. The van der Waals surface area contributed by atoms with E-state index in [-0.39, 0.29) is 10.8 Å². The van der Waals surface area contributed by atoms with E-state index in [0.29, 0.717) is 24.5 Å². The van der Waals surface area contributed by atoms with Gasteiger partial charge in [-0.2, -0.15) is 0 Å². The molecular weight excluding hydrogens is 326 g/mol. The second kappa shape index (κ2) is 6.32. The molecule has 0 unspecified atom stereocenters. The van der Waals surface area contributed by atoms with E-state index >= 15 is 0 Å². The van der Waals surface area contributed by atoms with Gasteiger partial charge in [0.05, 0.1) is 0 Å². The number of hydrogen-bond donors (Lipinski definition) is 1. The zero-order valence-corrected chi connectivity index (χ0v) is 14.6. The number of nitrogens with zero attached hydrogens (tertiary/aromatic N) is 2. The van der Waals surface area contributed by atoms with Crippen molar-refractivity contribution in [2.24, 2.45) is 0 Å². The van der Waals surface area contributed by atoms with Crippen LogP contribution < -0.4 is 4.72 Å². The van der Waals surface area contributed by atoms with Gasteiger partial charge < -0.3 is 9.47 Å². The van der Waals surface area contributed by atoms with Crippen LogP contribution in [0.5, 0.6) is 0 Å². The molecule has 6 nitrogen and oxygen atoms in total. The van der Waals surface area contributed by atoms with Gasteiger partial charge in [-0.1, -0.05) is 19.1 Å². The molecule has 0 saturated heterocycles. The van der Waals surface area contributed by atoms with Gasteiger partial charge >= 0.3 is 0 Å². The summed E-state index contributed by atoms with van der Waals surface area (Å²) in [6, 6.07) is 8.77. The lowest BCUT2D eigenvalue weighted by Gasteiger charge is -2.12. The molecule has 2 aromatic rings. The van der Waals surface area contributed by atoms with Crippen molar-refractivity contribution in [2.75, 3.05) is 18.3 Å². The molecule has 1 N–H and O–H groups in total. The average molecular weight is 347 g/mol. The molecule has 2 heterocycles. The van der Waals surface area contributed by atoms with E-state index in [1.807, 2.05) is 25.1 Å². The molecule has 0 fully saturated rings. The van der Waals surface area contributed by atoms with E-state index in [0.717, 1.165) is 18.4 Å². The molecule has 1 aliphatic heterocycles. The second-order valence-electron chi connectivity index (χ2n) is 5.99. The summed E-state index contributed by atoms with van der Waals surface area (Å²) in [4.78, 5) is 14.0. The molecule has 1 amide bonds. The predicted molar refractivity (Wildman–Crippen MR) is 92.6 cm³/mol. The van der Waals surface area contributed by atoms with Crippen molar-refractivity contribution >= 4 is 21.6 Å². The Morgan fingerprint density at radius 2 is 2.00 bits per heavy atom. The maximum atomic E-state index is 12.6. The summed E-state index contributed by atoms with van der Waals surface area (Å²) < 4.78 is 29.6. The minimum atomic E-state index is -3.73. The van der Waals surface area contributed by atoms with E-state index in [1.165, 1.54) is 6.07 Å². The number of amides is 1. The van der Waals surface area contributed by atoms with Crippen molar-refractivity contribution in [1.29, 1.82) is 0 Å². The van der Waals surface area contributed by atoms with Crippen LogP contribution in [0, 0.1) is 0 Å². The highest BCUT2D eigenvalue weighted by molar-refractivity contribution is 7.92. The van der Waals surface area contributed by atoms with Crippen molar-refractivity contribution in [2.45, 2.75) is 31.2 Å². The minimum Gasteiger partial charge on any atom is -0.342 e. The summed E-state index contributed by atoms with van der Waals surface area (Å²) in [7, 11) is -2.00. The zero-order valence-electron chi connectivity index (χ0n) is 13.8. The number of fused-ring (bicyclic) bond motifs is 1. The molecule has 0 spiro atoms. The van der Waals surface area contributed by atoms with Gasteiger partial charge in [0.25, 0.3) is 15.9 Å². The fourth-order valence-electron chi connectivity index (χ4n) is 2.84. The third kappa shape index (κ3) is 3.17. The predicted octanol–water partition coefficient (Wildman–Crippen LogP) is 2.33. The Bertz CT molecular complexity index is 871. The summed E-state index contributed by atoms with van der Waals surface area (Å²) in [5, 5.41) is 0. The van der Waals surface area contributed by atoms with Gasteiger partial charge in [0, 0.05) is 32.0 Å². The van der Waals surface area contributed by atoms with Crippen LogP contribution >= 0.6 is 0 Å². The Labute approximate surface area is 142 Å². The number of aryl methyl sites for hydroxylation is 2. The highest BCUT2D eigenvalue weighted by atomic mass is 32.2. The summed E-state index contributed by atoms with van der Waals surface area (Å²) >= 11 is 0. The van der Waals surface area contributed by atoms with Crippen LogP contribution in [-0.4, -0.2) is 37.4 Å². The lowest BCUT2D eigenvalue weighted by molar-refractivity contribution is 0.0796. The number of benzene rings is 1. The highest BCUT2D eigenvalue weighted by Crippen LogP contribution is 2.22. The standard InChI is InChI=1S/C17H21N3O3S/c1-3-13-6-4-7-14(10-13)18-24(22,23)15-11-16-17(21)19(2)8-5-9-20(16)12-15/h4,6-7,10-12,18H,3,5,8-9H2,1-2H3. The van der Waals surface area contributed by atoms with Gasteiger partial charge in [0.15, 0.2) is 0 Å². The number of anilines is 1. The molecule has 0 atom stereocenters. The maximum Gasteiger partial charge on any atom is 0.270 e. The number of hydrogen-bond acceptors (Lipinski definition) is 3. The highest BCUT2D eigenvalue weighted by Gasteiger charge is 2.25. The van der Waals surface area contributed by atoms with Crippen molar-refractivity contribution in [3.8, 4) is 0 Å². The minimum absolute atomic E-state index is 0.114. The smallest absolute Gasteiger partial charge is 0.270 e. The number of aromatic nitrogens is 1. The molecule has 3 rings (SSSR count). The molecule has 1 aliphatic rings. The average Bonchev–Trinajstić information content (AvgIpc) is 2.93. The summed E-state index contributed by atoms with van der Waals surface area (Å²) in [5.41, 5.74) is 2.00. The first-order valence-corrected chi connectivity index (χ1v) is 9.46. The van der Waals surface area contributed by atoms with Crippen LogP contribution in [0.25, 0.3) is 0 Å². The van der Waals surface area contributed by atoms with Crippen LogP contribution in [0.4, 0.5) is 5.69 Å². The van der Waals surface area contributed by atoms with Crippen molar-refractivity contribution in [1.82, 2.24) is 9.47 Å². The monoisotopic (exact) mass is 347 g/mol. The van der Waals surface area contributed by atoms with Crippen molar-refractivity contribution in [3.05, 3.63) is 47.8 Å². The quantitative estimate of drug-likeness (QED) is 0.923. The van der Waals surface area contributed by atoms with Gasteiger partial charge in [-0.05, 0) is 36.6 Å². The number of nitrogens with one attached hydrogen (secondary N) is 1. The molecule has 24 heavy (non-hydrogen) atoms. The molecule has 0 radical (unpaired) electrons. The van der Waals surface area contributed by atoms with Gasteiger partial charge in [-0.15, -0.1) is 0 Å². The Morgan fingerprint density at radius 3 is 2.75 bits per heavy atom. The maximum absolute atomic E-state index is 12.6. The SMILES string of the molecule is CCc1cccc(NS(=O)(=O)c2cc3n(c2)CCCN(C)C3=O)c1. The van der Waals surface area contributed by atoms with E-state index in [9.17, 15) is 13.2 Å². The van der Waals surface area contributed by atoms with Crippen LogP contribution in [-0.2, 0) is 23.0 Å². The molecule has 1 aromatic carbocycles. The van der Waals surface area contributed by atoms with Crippen LogP contribution in [0.1, 0.15) is 29.4 Å². The topological polar surface area (TPSA) is 71.4 Å². The van der Waals surface area contributed by atoms with E-state index in [1.54, 1.807) is 28.8 Å². The van der Waals surface area contributed by atoms with E-state index in [4.69, 9.17) is 0 Å². The first kappa shape index (κ1) is 16.6. The van der Waals surface area contributed by atoms with E-state index in [2.05, 4.69) is 4.72 Å². The molecule has 0 bridgehead atoms. The fourth-order valence-corrected chi connectivity index (χ4v) is 3.93. The van der Waals surface area contributed by atoms with Crippen LogP contribution in [0.3, 0.4) is 0 Å². The van der Waals surface area contributed by atoms with Crippen molar-refractivity contribution < 1.29 is 13.2 Å². The fraction of sp³-hybridized carbons (Fsp3) is 0.353. The van der Waals surface area contributed by atoms with Crippen LogP contribution in [0.2, 0.25) is 0 Å². The normalized spacial score (nSPS) is 15.1. The Balaban J connectivity index is 1.92. The first-order valence-electron chi connectivity index (χ1n) is 7.98. The molecule has 1 aromatic heterocycles. The third-order valence-electron chi connectivity index (χ3n) is 4.23. The Kier molecular flexibility index (Phi) is 4.36. The first-order chi connectivity index (χ1) is 11.4. The number of carbonyl (C=O) groups is 1. The van der Waals surface area contributed by atoms with E-state index < -0.39 is 10.0 Å². The lowest BCUT2D eigenvalue weighted by Crippen LogP contribution is -2.26. The largest absolute Gasteiger partial charge is 0.342 e. The number of sulfonamides is 1. The third-order valence-corrected chi connectivity index (χ3v) is 5.58. The summed E-state index contributed by atoms with van der Waals surface area (Å²) in [6.07, 6.45) is 3.17. The van der Waals surface area contributed by atoms with Gasteiger partial charge in [-0.3, -0.25) is 9.52 Å². The second-order valence-corrected chi connectivity index (χ2v) is 7.68. The number of rotatable bonds is 4. The lowest BCUT2D eigenvalue weighted by atomic mass is 10.1. The number of carbonyl (C=O) groups excluding carboxylic acids is 1. The zero-order chi connectivity index (χ0) is 17.3. The molecule has 7 heteroatoms. The molecule has 128 valence electrons.